The zero-order valence-corrected chi connectivity index (χ0v) is 11.5. The summed E-state index contributed by atoms with van der Waals surface area (Å²) in [5.74, 6) is 1.83. The van der Waals surface area contributed by atoms with Gasteiger partial charge in [-0.25, -0.2) is 0 Å². The summed E-state index contributed by atoms with van der Waals surface area (Å²) in [6, 6.07) is 16.3. The molecular formula is C15H15LiO3. The number of benzene rings is 2. The van der Waals surface area contributed by atoms with Crippen molar-refractivity contribution in [1.82, 2.24) is 0 Å². The van der Waals surface area contributed by atoms with Crippen LogP contribution in [0.3, 0.4) is 0 Å². The van der Waals surface area contributed by atoms with E-state index in [4.69, 9.17) is 14.2 Å². The molecule has 0 radical (unpaired) electrons. The molecule has 2 aromatic carbocycles. The minimum Gasteiger partial charge on any atom is -0.550 e. The smallest absolute Gasteiger partial charge is 0.550 e. The van der Waals surface area contributed by atoms with Crippen molar-refractivity contribution in [3.63, 3.8) is 0 Å². The minimum absolute atomic E-state index is 0. The molecular weight excluding hydrogens is 235 g/mol. The van der Waals surface area contributed by atoms with Crippen LogP contribution in [0.1, 0.15) is 5.56 Å². The third kappa shape index (κ3) is 3.95. The summed E-state index contributed by atoms with van der Waals surface area (Å²) in [5, 5.41) is 0. The molecule has 0 N–H and O–H groups in total. The van der Waals surface area contributed by atoms with Crippen LogP contribution in [0.2, 0.25) is 0 Å². The third-order valence-electron chi connectivity index (χ3n) is 2.54. The van der Waals surface area contributed by atoms with Gasteiger partial charge in [-0.1, -0.05) is 30.3 Å². The molecule has 94 valence electrons. The van der Waals surface area contributed by atoms with Crippen molar-refractivity contribution in [1.29, 1.82) is 0 Å². The first-order chi connectivity index (χ1) is 8.85. The molecule has 0 aliphatic rings. The van der Waals surface area contributed by atoms with Gasteiger partial charge >= 0.3 is 18.9 Å². The summed E-state index contributed by atoms with van der Waals surface area (Å²) >= 11 is 0. The first-order valence-corrected chi connectivity index (χ1v) is 5.64. The van der Waals surface area contributed by atoms with E-state index in [9.17, 15) is 0 Å². The van der Waals surface area contributed by atoms with Crippen LogP contribution in [-0.4, -0.2) is 14.2 Å². The maximum absolute atomic E-state index is 5.77. The Balaban J connectivity index is 0.00000180. The van der Waals surface area contributed by atoms with E-state index in [1.807, 2.05) is 30.3 Å². The number of methoxy groups -OCH3 is 2. The average Bonchev–Trinajstić information content (AvgIpc) is 2.45. The van der Waals surface area contributed by atoms with Crippen molar-refractivity contribution in [3.8, 4) is 17.2 Å². The summed E-state index contributed by atoms with van der Waals surface area (Å²) in [6.45, 7) is 0.470. The Morgan fingerprint density at radius 1 is 0.947 bits per heavy atom. The van der Waals surface area contributed by atoms with E-state index < -0.39 is 0 Å². The Morgan fingerprint density at radius 3 is 2.05 bits per heavy atom. The minimum atomic E-state index is 0. The van der Waals surface area contributed by atoms with Gasteiger partial charge in [0.25, 0.3) is 0 Å². The second-order valence-electron chi connectivity index (χ2n) is 3.70. The summed E-state index contributed by atoms with van der Waals surface area (Å²) in [6.07, 6.45) is 0. The maximum Gasteiger partial charge on any atom is 1.00 e. The van der Waals surface area contributed by atoms with Crippen molar-refractivity contribution < 1.29 is 33.1 Å². The Kier molecular flexibility index (Phi) is 6.35. The van der Waals surface area contributed by atoms with Gasteiger partial charge in [0.2, 0.25) is 0 Å². The van der Waals surface area contributed by atoms with Crippen LogP contribution in [0.4, 0.5) is 0 Å². The normalized spacial score (nSPS) is 9.37. The van der Waals surface area contributed by atoms with Gasteiger partial charge in [-0.3, -0.25) is 0 Å². The summed E-state index contributed by atoms with van der Waals surface area (Å²) in [7, 11) is 3.19. The average molecular weight is 250 g/mol. The monoisotopic (exact) mass is 250 g/mol. The first-order valence-electron chi connectivity index (χ1n) is 5.64. The fraction of sp³-hybridized carbons (Fsp3) is 0.200. The van der Waals surface area contributed by atoms with Gasteiger partial charge in [0, 0.05) is 0 Å². The molecule has 0 aliphatic carbocycles. The summed E-state index contributed by atoms with van der Waals surface area (Å²) < 4.78 is 16.2. The SMILES string of the molecule is COc1c[c-]cc(OC)c1OCc1ccccc1.[Li+]. The van der Waals surface area contributed by atoms with Crippen LogP contribution in [0.25, 0.3) is 0 Å². The Labute approximate surface area is 125 Å². The van der Waals surface area contributed by atoms with Crippen molar-refractivity contribution in [2.75, 3.05) is 14.2 Å². The van der Waals surface area contributed by atoms with Crippen LogP contribution in [0.5, 0.6) is 17.2 Å². The molecule has 0 unspecified atom stereocenters. The van der Waals surface area contributed by atoms with Crippen LogP contribution < -0.4 is 33.1 Å². The largest absolute Gasteiger partial charge is 1.00 e. The summed E-state index contributed by atoms with van der Waals surface area (Å²) in [5.41, 5.74) is 1.09. The molecule has 19 heavy (non-hydrogen) atoms. The Hall–Kier alpha value is -1.56. The molecule has 0 aromatic heterocycles. The molecule has 0 spiro atoms. The zero-order valence-electron chi connectivity index (χ0n) is 11.5. The molecule has 0 amide bonds. The topological polar surface area (TPSA) is 27.7 Å². The number of hydrogen-bond acceptors (Lipinski definition) is 3. The fourth-order valence-corrected chi connectivity index (χ4v) is 1.62. The third-order valence-corrected chi connectivity index (χ3v) is 2.54. The van der Waals surface area contributed by atoms with Gasteiger partial charge in [0.05, 0.1) is 31.5 Å². The van der Waals surface area contributed by atoms with Gasteiger partial charge in [0.1, 0.15) is 6.61 Å². The molecule has 2 aromatic rings. The Morgan fingerprint density at radius 2 is 1.53 bits per heavy atom. The quantitative estimate of drug-likeness (QED) is 0.556. The summed E-state index contributed by atoms with van der Waals surface area (Å²) in [4.78, 5) is 0. The van der Waals surface area contributed by atoms with E-state index in [0.717, 1.165) is 5.56 Å². The zero-order chi connectivity index (χ0) is 12.8. The van der Waals surface area contributed by atoms with Crippen molar-refractivity contribution in [2.24, 2.45) is 0 Å². The van der Waals surface area contributed by atoms with Crippen LogP contribution in [0.15, 0.2) is 42.5 Å². The molecule has 0 saturated carbocycles. The second-order valence-corrected chi connectivity index (χ2v) is 3.70. The van der Waals surface area contributed by atoms with Gasteiger partial charge < -0.3 is 14.2 Å². The van der Waals surface area contributed by atoms with Gasteiger partial charge in [0.15, 0.2) is 0 Å². The molecule has 0 heterocycles. The van der Waals surface area contributed by atoms with E-state index in [1.54, 1.807) is 26.4 Å². The van der Waals surface area contributed by atoms with E-state index in [2.05, 4.69) is 6.07 Å². The Bertz CT molecular complexity index is 478. The molecule has 0 bridgehead atoms. The van der Waals surface area contributed by atoms with Crippen LogP contribution in [-0.2, 0) is 6.61 Å². The number of rotatable bonds is 5. The predicted molar refractivity (Wildman–Crippen MR) is 69.2 cm³/mol. The number of hydrogen-bond donors (Lipinski definition) is 0. The second kappa shape index (κ2) is 7.78. The van der Waals surface area contributed by atoms with Gasteiger partial charge in [-0.05, 0) is 5.56 Å². The van der Waals surface area contributed by atoms with E-state index >= 15 is 0 Å². The molecule has 4 heteroatoms. The van der Waals surface area contributed by atoms with Crippen LogP contribution in [0, 0.1) is 6.07 Å². The van der Waals surface area contributed by atoms with E-state index in [-0.39, 0.29) is 18.9 Å². The molecule has 3 nitrogen and oxygen atoms in total. The molecule has 0 saturated heterocycles. The predicted octanol–water partition coefficient (Wildman–Crippen LogP) is 0.0870. The van der Waals surface area contributed by atoms with Crippen LogP contribution >= 0.6 is 0 Å². The number of ether oxygens (including phenoxy) is 3. The van der Waals surface area contributed by atoms with Gasteiger partial charge in [-0.15, -0.1) is 12.1 Å². The molecule has 0 atom stereocenters. The van der Waals surface area contributed by atoms with Crippen molar-refractivity contribution in [3.05, 3.63) is 54.1 Å². The molecule has 0 fully saturated rings. The molecule has 2 rings (SSSR count). The van der Waals surface area contributed by atoms with E-state index in [0.29, 0.717) is 23.9 Å². The standard InChI is InChI=1S/C15H15O3.Li/c1-16-13-9-6-10-14(17-2)15(13)18-11-12-7-4-3-5-8-12;/h3-5,7-10H,11H2,1-2H3;/q-1;+1. The first kappa shape index (κ1) is 15.5. The van der Waals surface area contributed by atoms with Crippen molar-refractivity contribution >= 4 is 0 Å². The van der Waals surface area contributed by atoms with E-state index in [1.165, 1.54) is 0 Å². The molecule has 0 aliphatic heterocycles. The van der Waals surface area contributed by atoms with Crippen molar-refractivity contribution in [2.45, 2.75) is 6.61 Å². The van der Waals surface area contributed by atoms with Gasteiger partial charge in [-0.2, -0.15) is 6.07 Å². The maximum atomic E-state index is 5.77. The fourth-order valence-electron chi connectivity index (χ4n) is 1.62.